The van der Waals surface area contributed by atoms with Gasteiger partial charge < -0.3 is 9.31 Å². The lowest BCUT2D eigenvalue weighted by Gasteiger charge is -2.32. The van der Waals surface area contributed by atoms with Crippen molar-refractivity contribution < 1.29 is 17.7 Å². The molecule has 0 aromatic heterocycles. The predicted octanol–water partition coefficient (Wildman–Crippen LogP) is 2.08. The predicted molar refractivity (Wildman–Crippen MR) is 94.9 cm³/mol. The summed E-state index contributed by atoms with van der Waals surface area (Å²) in [7, 11) is -3.99. The van der Waals surface area contributed by atoms with Gasteiger partial charge in [0, 0.05) is 13.1 Å². The van der Waals surface area contributed by atoms with Crippen LogP contribution in [0.15, 0.2) is 23.1 Å². The number of hydrogen-bond donors (Lipinski definition) is 0. The summed E-state index contributed by atoms with van der Waals surface area (Å²) in [6.07, 6.45) is 1.85. The summed E-state index contributed by atoms with van der Waals surface area (Å²) < 4.78 is 39.4. The molecule has 0 amide bonds. The van der Waals surface area contributed by atoms with Crippen LogP contribution < -0.4 is 5.46 Å². The molecule has 7 heteroatoms. The van der Waals surface area contributed by atoms with E-state index in [0.717, 1.165) is 23.9 Å². The van der Waals surface area contributed by atoms with Gasteiger partial charge in [0.2, 0.25) is 10.0 Å². The van der Waals surface area contributed by atoms with E-state index in [1.165, 1.54) is 0 Å². The second kappa shape index (κ2) is 5.83. The Morgan fingerprint density at radius 3 is 2.12 bits per heavy atom. The van der Waals surface area contributed by atoms with Crippen molar-refractivity contribution in [2.45, 2.75) is 63.6 Å². The van der Waals surface area contributed by atoms with Crippen molar-refractivity contribution in [3.8, 4) is 0 Å². The fourth-order valence-corrected chi connectivity index (χ4v) is 4.63. The van der Waals surface area contributed by atoms with Gasteiger partial charge in [-0.2, -0.15) is 4.31 Å². The third-order valence-electron chi connectivity index (χ3n) is 5.46. The van der Waals surface area contributed by atoms with Crippen LogP contribution in [0.2, 0.25) is 0 Å². The SMILES string of the molecule is Cc1ccc(S(=O)(=O)N2CCCC2)cc1B1OC(C)(C)C(C)(C)O1. The third-order valence-corrected chi connectivity index (χ3v) is 7.36. The van der Waals surface area contributed by atoms with Crippen molar-refractivity contribution in [2.75, 3.05) is 13.1 Å². The Morgan fingerprint density at radius 1 is 1.04 bits per heavy atom. The Balaban J connectivity index is 1.96. The van der Waals surface area contributed by atoms with E-state index in [0.29, 0.717) is 18.0 Å². The van der Waals surface area contributed by atoms with Crippen molar-refractivity contribution in [3.63, 3.8) is 0 Å². The van der Waals surface area contributed by atoms with Crippen LogP contribution in [0.5, 0.6) is 0 Å². The van der Waals surface area contributed by atoms with Crippen LogP contribution in [-0.4, -0.2) is 44.1 Å². The van der Waals surface area contributed by atoms with Crippen LogP contribution in [-0.2, 0) is 19.3 Å². The number of aryl methyl sites for hydroxylation is 1. The summed E-state index contributed by atoms with van der Waals surface area (Å²) in [6.45, 7) is 11.1. The molecular weight excluding hydrogens is 325 g/mol. The van der Waals surface area contributed by atoms with E-state index >= 15 is 0 Å². The lowest BCUT2D eigenvalue weighted by molar-refractivity contribution is 0.00578. The lowest BCUT2D eigenvalue weighted by atomic mass is 9.76. The van der Waals surface area contributed by atoms with Gasteiger partial charge in [-0.3, -0.25) is 0 Å². The molecule has 2 saturated heterocycles. The van der Waals surface area contributed by atoms with Gasteiger partial charge in [0.25, 0.3) is 0 Å². The highest BCUT2D eigenvalue weighted by Gasteiger charge is 2.52. The second-order valence-electron chi connectivity index (χ2n) is 7.72. The molecule has 2 heterocycles. The van der Waals surface area contributed by atoms with Gasteiger partial charge >= 0.3 is 7.12 Å². The van der Waals surface area contributed by atoms with Gasteiger partial charge in [0.15, 0.2) is 0 Å². The van der Waals surface area contributed by atoms with Crippen LogP contribution in [0.1, 0.15) is 46.1 Å². The minimum atomic E-state index is -3.44. The smallest absolute Gasteiger partial charge is 0.399 e. The first-order chi connectivity index (χ1) is 11.0. The van der Waals surface area contributed by atoms with E-state index < -0.39 is 28.3 Å². The first-order valence-electron chi connectivity index (χ1n) is 8.51. The van der Waals surface area contributed by atoms with E-state index in [2.05, 4.69) is 0 Å². The van der Waals surface area contributed by atoms with Gasteiger partial charge in [0.1, 0.15) is 0 Å². The molecule has 2 aliphatic heterocycles. The lowest BCUT2D eigenvalue weighted by Crippen LogP contribution is -2.41. The number of sulfonamides is 1. The van der Waals surface area contributed by atoms with Crippen LogP contribution >= 0.6 is 0 Å². The van der Waals surface area contributed by atoms with Crippen molar-refractivity contribution in [3.05, 3.63) is 23.8 Å². The Bertz CT molecular complexity index is 723. The zero-order valence-electron chi connectivity index (χ0n) is 15.1. The Hall–Kier alpha value is -0.885. The molecule has 0 N–H and O–H groups in total. The van der Waals surface area contributed by atoms with Gasteiger partial charge in [-0.1, -0.05) is 11.6 Å². The Labute approximate surface area is 145 Å². The first kappa shape index (κ1) is 17.9. The van der Waals surface area contributed by atoms with E-state index in [-0.39, 0.29) is 0 Å². The first-order valence-corrected chi connectivity index (χ1v) is 9.95. The summed E-state index contributed by atoms with van der Waals surface area (Å²) >= 11 is 0. The average molecular weight is 351 g/mol. The molecule has 0 saturated carbocycles. The van der Waals surface area contributed by atoms with Crippen LogP contribution in [0.4, 0.5) is 0 Å². The molecule has 0 aliphatic carbocycles. The molecule has 2 fully saturated rings. The molecule has 3 rings (SSSR count). The van der Waals surface area contributed by atoms with Gasteiger partial charge in [-0.25, -0.2) is 8.42 Å². The molecule has 0 bridgehead atoms. The Morgan fingerprint density at radius 2 is 1.58 bits per heavy atom. The maximum absolute atomic E-state index is 12.8. The quantitative estimate of drug-likeness (QED) is 0.783. The van der Waals surface area contributed by atoms with Crippen molar-refractivity contribution in [2.24, 2.45) is 0 Å². The van der Waals surface area contributed by atoms with E-state index in [1.54, 1.807) is 16.4 Å². The van der Waals surface area contributed by atoms with Crippen molar-refractivity contribution in [1.82, 2.24) is 4.31 Å². The molecule has 1 aromatic carbocycles. The normalized spacial score (nSPS) is 23.8. The fourth-order valence-electron chi connectivity index (χ4n) is 3.08. The molecule has 132 valence electrons. The van der Waals surface area contributed by atoms with Gasteiger partial charge in [-0.05, 0) is 65.1 Å². The van der Waals surface area contributed by atoms with Crippen LogP contribution in [0, 0.1) is 6.92 Å². The standard InChI is InChI=1S/C17H26BNO4S/c1-13-8-9-14(24(20,21)19-10-6-7-11-19)12-15(13)18-22-16(2,3)17(4,5)23-18/h8-9,12H,6-7,10-11H2,1-5H3. The minimum Gasteiger partial charge on any atom is -0.399 e. The number of hydrogen-bond acceptors (Lipinski definition) is 4. The van der Waals surface area contributed by atoms with E-state index in [1.807, 2.05) is 40.7 Å². The van der Waals surface area contributed by atoms with E-state index in [4.69, 9.17) is 9.31 Å². The number of benzene rings is 1. The maximum Gasteiger partial charge on any atom is 0.495 e. The monoisotopic (exact) mass is 351 g/mol. The van der Waals surface area contributed by atoms with Gasteiger partial charge in [0.05, 0.1) is 16.1 Å². The molecule has 1 aromatic rings. The highest BCUT2D eigenvalue weighted by Crippen LogP contribution is 2.37. The molecule has 0 spiro atoms. The summed E-state index contributed by atoms with van der Waals surface area (Å²) in [5, 5.41) is 0. The van der Waals surface area contributed by atoms with Crippen molar-refractivity contribution in [1.29, 1.82) is 0 Å². The topological polar surface area (TPSA) is 55.8 Å². The summed E-state index contributed by atoms with van der Waals surface area (Å²) in [6, 6.07) is 5.23. The molecule has 0 unspecified atom stereocenters. The molecule has 0 atom stereocenters. The molecular formula is C17H26BNO4S. The summed E-state index contributed by atoms with van der Waals surface area (Å²) in [5.41, 5.74) is 0.852. The fraction of sp³-hybridized carbons (Fsp3) is 0.647. The van der Waals surface area contributed by atoms with Crippen molar-refractivity contribution >= 4 is 22.6 Å². The summed E-state index contributed by atoms with van der Waals surface area (Å²) in [4.78, 5) is 0.319. The second-order valence-corrected chi connectivity index (χ2v) is 9.66. The van der Waals surface area contributed by atoms with Gasteiger partial charge in [-0.15, -0.1) is 0 Å². The number of rotatable bonds is 3. The minimum absolute atomic E-state index is 0.319. The number of nitrogens with zero attached hydrogens (tertiary/aromatic N) is 1. The summed E-state index contributed by atoms with van der Waals surface area (Å²) in [5.74, 6) is 0. The third kappa shape index (κ3) is 2.92. The highest BCUT2D eigenvalue weighted by atomic mass is 32.2. The molecule has 0 radical (unpaired) electrons. The largest absolute Gasteiger partial charge is 0.495 e. The zero-order chi connectivity index (χ0) is 17.8. The van der Waals surface area contributed by atoms with Crippen LogP contribution in [0.25, 0.3) is 0 Å². The molecule has 24 heavy (non-hydrogen) atoms. The van der Waals surface area contributed by atoms with Crippen LogP contribution in [0.3, 0.4) is 0 Å². The molecule has 5 nitrogen and oxygen atoms in total. The zero-order valence-corrected chi connectivity index (χ0v) is 15.9. The highest BCUT2D eigenvalue weighted by molar-refractivity contribution is 7.89. The maximum atomic E-state index is 12.8. The molecule has 2 aliphatic rings. The van der Waals surface area contributed by atoms with E-state index in [9.17, 15) is 8.42 Å². The average Bonchev–Trinajstić information content (AvgIpc) is 3.06. The Kier molecular flexibility index (Phi) is 4.36.